The second-order valence-electron chi connectivity index (χ2n) is 7.25. The number of rotatable bonds is 5. The van der Waals surface area contributed by atoms with Gasteiger partial charge in [-0.3, -0.25) is 9.59 Å². The lowest BCUT2D eigenvalue weighted by atomic mass is 9.95. The van der Waals surface area contributed by atoms with E-state index in [4.69, 9.17) is 0 Å². The molecule has 0 unspecified atom stereocenters. The Labute approximate surface area is 159 Å². The molecule has 4 rings (SSSR count). The summed E-state index contributed by atoms with van der Waals surface area (Å²) in [7, 11) is 0. The quantitative estimate of drug-likeness (QED) is 0.802. The predicted octanol–water partition coefficient (Wildman–Crippen LogP) is 2.30. The third kappa shape index (κ3) is 3.82. The fourth-order valence-corrected chi connectivity index (χ4v) is 4.03. The number of aryl methyl sites for hydroxylation is 1. The normalized spacial score (nSPS) is 18.3. The van der Waals surface area contributed by atoms with E-state index in [2.05, 4.69) is 39.8 Å². The van der Waals surface area contributed by atoms with Crippen molar-refractivity contribution in [2.24, 2.45) is 0 Å². The molecule has 2 amide bonds. The Kier molecular flexibility index (Phi) is 5.10. The average Bonchev–Trinajstić information content (AvgIpc) is 2.71. The van der Waals surface area contributed by atoms with Crippen LogP contribution in [0.15, 0.2) is 48.5 Å². The predicted molar refractivity (Wildman–Crippen MR) is 106 cm³/mol. The summed E-state index contributed by atoms with van der Waals surface area (Å²) >= 11 is 0. The van der Waals surface area contributed by atoms with E-state index in [0.29, 0.717) is 18.5 Å². The fourth-order valence-electron chi connectivity index (χ4n) is 4.03. The molecule has 0 spiro atoms. The molecular weight excluding hydrogens is 338 g/mol. The average molecular weight is 363 g/mol. The van der Waals surface area contributed by atoms with Crippen LogP contribution in [0.2, 0.25) is 0 Å². The van der Waals surface area contributed by atoms with Gasteiger partial charge >= 0.3 is 0 Å². The molecule has 2 aromatic rings. The van der Waals surface area contributed by atoms with Gasteiger partial charge in [-0.2, -0.15) is 0 Å². The summed E-state index contributed by atoms with van der Waals surface area (Å²) in [6, 6.07) is 15.6. The maximum atomic E-state index is 12.5. The van der Waals surface area contributed by atoms with Crippen LogP contribution in [0.5, 0.6) is 0 Å². The monoisotopic (exact) mass is 363 g/mol. The van der Waals surface area contributed by atoms with Gasteiger partial charge in [0.1, 0.15) is 6.04 Å². The zero-order chi connectivity index (χ0) is 18.6. The van der Waals surface area contributed by atoms with Gasteiger partial charge in [0.15, 0.2) is 0 Å². The number of nitrogens with zero attached hydrogens (tertiary/aromatic N) is 1. The number of benzene rings is 2. The first-order chi connectivity index (χ1) is 13.2. The number of hydrogen-bond donors (Lipinski definition) is 2. The van der Waals surface area contributed by atoms with Crippen molar-refractivity contribution < 1.29 is 9.59 Å². The second-order valence-corrected chi connectivity index (χ2v) is 7.25. The lowest BCUT2D eigenvalue weighted by molar-refractivity contribution is -0.123. The van der Waals surface area contributed by atoms with Crippen LogP contribution in [0.3, 0.4) is 0 Å². The fraction of sp³-hybridized carbons (Fsp3) is 0.364. The highest BCUT2D eigenvalue weighted by Gasteiger charge is 2.28. The lowest BCUT2D eigenvalue weighted by Gasteiger charge is -2.31. The van der Waals surface area contributed by atoms with E-state index in [-0.39, 0.29) is 11.8 Å². The molecule has 0 radical (unpaired) electrons. The summed E-state index contributed by atoms with van der Waals surface area (Å²) in [5.41, 5.74) is 4.35. The summed E-state index contributed by atoms with van der Waals surface area (Å²) in [5.74, 6) is -0.265. The molecular formula is C22H25N3O2. The van der Waals surface area contributed by atoms with E-state index in [1.807, 2.05) is 18.2 Å². The summed E-state index contributed by atoms with van der Waals surface area (Å²) in [6.45, 7) is 2.61. The maximum Gasteiger partial charge on any atom is 0.252 e. The van der Waals surface area contributed by atoms with E-state index in [0.717, 1.165) is 31.5 Å². The van der Waals surface area contributed by atoms with Crippen LogP contribution in [0, 0.1) is 0 Å². The molecule has 5 heteroatoms. The summed E-state index contributed by atoms with van der Waals surface area (Å²) in [5, 5.41) is 5.80. The van der Waals surface area contributed by atoms with Gasteiger partial charge in [-0.1, -0.05) is 36.4 Å². The molecule has 0 saturated carbocycles. The molecule has 1 atom stereocenters. The Hall–Kier alpha value is -2.82. The highest BCUT2D eigenvalue weighted by atomic mass is 16.2. The van der Waals surface area contributed by atoms with Crippen molar-refractivity contribution in [3.05, 3.63) is 65.2 Å². The first-order valence-electron chi connectivity index (χ1n) is 9.72. The van der Waals surface area contributed by atoms with Crippen molar-refractivity contribution in [2.75, 3.05) is 24.5 Å². The number of carbonyl (C=O) groups is 2. The van der Waals surface area contributed by atoms with Gasteiger partial charge in [0, 0.05) is 37.3 Å². The summed E-state index contributed by atoms with van der Waals surface area (Å²) in [6.07, 6.45) is 3.76. The maximum absolute atomic E-state index is 12.5. The standard InChI is InChI=1S/C22H25N3O2/c26-21-18-10-3-1-8-17(18)15-19(24-21)22(27)23-12-6-14-25-13-5-9-16-7-2-4-11-20(16)25/h1-4,7-8,10-11,19H,5-6,9,12-15H2,(H,23,27)(H,24,26)/t19-/m0/s1. The molecule has 27 heavy (non-hydrogen) atoms. The van der Waals surface area contributed by atoms with Crippen molar-refractivity contribution in [3.63, 3.8) is 0 Å². The van der Waals surface area contributed by atoms with Crippen LogP contribution in [0.1, 0.15) is 34.3 Å². The molecule has 2 heterocycles. The minimum absolute atomic E-state index is 0.100. The third-order valence-electron chi connectivity index (χ3n) is 5.42. The van der Waals surface area contributed by atoms with E-state index >= 15 is 0 Å². The number of fused-ring (bicyclic) bond motifs is 2. The highest BCUT2D eigenvalue weighted by molar-refractivity contribution is 6.00. The zero-order valence-corrected chi connectivity index (χ0v) is 15.4. The SMILES string of the molecule is O=C1N[C@H](C(=O)NCCCN2CCCc3ccccc32)Cc2ccccc21. The molecule has 140 valence electrons. The number of nitrogens with one attached hydrogen (secondary N) is 2. The molecule has 0 aromatic heterocycles. The van der Waals surface area contributed by atoms with Gasteiger partial charge in [0.25, 0.3) is 5.91 Å². The van der Waals surface area contributed by atoms with Gasteiger partial charge in [-0.25, -0.2) is 0 Å². The molecule has 0 fully saturated rings. The number of para-hydroxylation sites is 1. The lowest BCUT2D eigenvalue weighted by Crippen LogP contribution is -2.51. The van der Waals surface area contributed by atoms with Crippen LogP contribution >= 0.6 is 0 Å². The van der Waals surface area contributed by atoms with Crippen LogP contribution < -0.4 is 15.5 Å². The zero-order valence-electron chi connectivity index (χ0n) is 15.4. The van der Waals surface area contributed by atoms with Crippen molar-refractivity contribution in [2.45, 2.75) is 31.7 Å². The minimum Gasteiger partial charge on any atom is -0.371 e. The molecule has 2 aliphatic heterocycles. The Balaban J connectivity index is 1.27. The first-order valence-corrected chi connectivity index (χ1v) is 9.72. The summed E-state index contributed by atoms with van der Waals surface area (Å²) < 4.78 is 0. The Bertz CT molecular complexity index is 849. The minimum atomic E-state index is -0.483. The number of hydrogen-bond acceptors (Lipinski definition) is 3. The first kappa shape index (κ1) is 17.6. The van der Waals surface area contributed by atoms with E-state index in [1.165, 1.54) is 17.7 Å². The number of amides is 2. The van der Waals surface area contributed by atoms with Crippen LogP contribution in [0.4, 0.5) is 5.69 Å². The van der Waals surface area contributed by atoms with Crippen LogP contribution in [-0.4, -0.2) is 37.5 Å². The Morgan fingerprint density at radius 3 is 2.78 bits per heavy atom. The highest BCUT2D eigenvalue weighted by Crippen LogP contribution is 2.26. The Morgan fingerprint density at radius 1 is 1.11 bits per heavy atom. The van der Waals surface area contributed by atoms with Crippen molar-refractivity contribution in [1.29, 1.82) is 0 Å². The van der Waals surface area contributed by atoms with E-state index in [9.17, 15) is 9.59 Å². The van der Waals surface area contributed by atoms with E-state index in [1.54, 1.807) is 6.07 Å². The van der Waals surface area contributed by atoms with Crippen molar-refractivity contribution in [1.82, 2.24) is 10.6 Å². The van der Waals surface area contributed by atoms with Gasteiger partial charge in [0.05, 0.1) is 0 Å². The van der Waals surface area contributed by atoms with Crippen molar-refractivity contribution in [3.8, 4) is 0 Å². The molecule has 2 aromatic carbocycles. The Morgan fingerprint density at radius 2 is 1.89 bits per heavy atom. The number of anilines is 1. The van der Waals surface area contributed by atoms with Crippen LogP contribution in [-0.2, 0) is 17.6 Å². The molecule has 0 aliphatic carbocycles. The smallest absolute Gasteiger partial charge is 0.252 e. The molecule has 0 saturated heterocycles. The second kappa shape index (κ2) is 7.82. The third-order valence-corrected chi connectivity index (χ3v) is 5.42. The summed E-state index contributed by atoms with van der Waals surface area (Å²) in [4.78, 5) is 27.0. The molecule has 0 bridgehead atoms. The van der Waals surface area contributed by atoms with E-state index < -0.39 is 6.04 Å². The molecule has 2 N–H and O–H groups in total. The van der Waals surface area contributed by atoms with Gasteiger partial charge in [-0.05, 0) is 42.5 Å². The largest absolute Gasteiger partial charge is 0.371 e. The van der Waals surface area contributed by atoms with Gasteiger partial charge in [0.2, 0.25) is 5.91 Å². The topological polar surface area (TPSA) is 61.4 Å². The molecule has 2 aliphatic rings. The van der Waals surface area contributed by atoms with Crippen molar-refractivity contribution >= 4 is 17.5 Å². The van der Waals surface area contributed by atoms with Gasteiger partial charge < -0.3 is 15.5 Å². The molecule has 5 nitrogen and oxygen atoms in total. The van der Waals surface area contributed by atoms with Gasteiger partial charge in [-0.15, -0.1) is 0 Å². The number of carbonyl (C=O) groups excluding carboxylic acids is 2. The van der Waals surface area contributed by atoms with Crippen LogP contribution in [0.25, 0.3) is 0 Å².